The standard InChI is InChI=1S/C17H17N3O5S/c21-12-10-14-11(3-9-26-14)20(15(12)17(23)24)19-6-4-18(5-7-19)16(22)13-2-1-8-25-13/h1-3,8-9,15H,4-7,10H2,(H,23,24). The summed E-state index contributed by atoms with van der Waals surface area (Å²) in [4.78, 5) is 39.0. The van der Waals surface area contributed by atoms with Gasteiger partial charge in [0.05, 0.1) is 12.0 Å². The van der Waals surface area contributed by atoms with Crippen molar-refractivity contribution < 1.29 is 23.9 Å². The Morgan fingerprint density at radius 3 is 2.62 bits per heavy atom. The molecule has 4 rings (SSSR count). The molecule has 1 amide bonds. The number of carbonyl (C=O) groups is 3. The largest absolute Gasteiger partial charge is 0.479 e. The molecule has 1 fully saturated rings. The smallest absolute Gasteiger partial charge is 0.335 e. The average Bonchev–Trinajstić information content (AvgIpc) is 3.31. The van der Waals surface area contributed by atoms with E-state index in [9.17, 15) is 19.5 Å². The van der Waals surface area contributed by atoms with Crippen LogP contribution in [0.3, 0.4) is 0 Å². The Kier molecular flexibility index (Phi) is 4.25. The zero-order chi connectivity index (χ0) is 18.3. The number of anilines is 1. The molecule has 26 heavy (non-hydrogen) atoms. The first-order chi connectivity index (χ1) is 12.6. The van der Waals surface area contributed by atoms with Gasteiger partial charge in [0.1, 0.15) is 0 Å². The lowest BCUT2D eigenvalue weighted by atomic mass is 10.0. The number of amides is 1. The Morgan fingerprint density at radius 2 is 1.96 bits per heavy atom. The summed E-state index contributed by atoms with van der Waals surface area (Å²) >= 11 is 1.46. The molecule has 0 bridgehead atoms. The molecule has 4 heterocycles. The first kappa shape index (κ1) is 16.8. The highest BCUT2D eigenvalue weighted by atomic mass is 32.1. The quantitative estimate of drug-likeness (QED) is 0.803. The molecule has 0 aromatic carbocycles. The van der Waals surface area contributed by atoms with E-state index in [2.05, 4.69) is 0 Å². The van der Waals surface area contributed by atoms with E-state index in [1.165, 1.54) is 17.6 Å². The molecular formula is C17H17N3O5S. The van der Waals surface area contributed by atoms with Crippen LogP contribution >= 0.6 is 11.3 Å². The van der Waals surface area contributed by atoms with Crippen LogP contribution in [0.25, 0.3) is 0 Å². The van der Waals surface area contributed by atoms with Crippen molar-refractivity contribution >= 4 is 34.7 Å². The number of ketones is 1. The van der Waals surface area contributed by atoms with Crippen molar-refractivity contribution in [2.45, 2.75) is 12.5 Å². The lowest BCUT2D eigenvalue weighted by Crippen LogP contribution is -2.62. The molecule has 1 saturated heterocycles. The summed E-state index contributed by atoms with van der Waals surface area (Å²) in [5.74, 6) is -1.37. The summed E-state index contributed by atoms with van der Waals surface area (Å²) in [5.41, 5.74) is 0.771. The molecule has 1 unspecified atom stereocenters. The Labute approximate surface area is 153 Å². The molecule has 2 aromatic rings. The number of carboxylic acids is 1. The van der Waals surface area contributed by atoms with Crippen LogP contribution in [0.1, 0.15) is 15.4 Å². The number of nitrogens with zero attached hydrogens (tertiary/aromatic N) is 3. The first-order valence-electron chi connectivity index (χ1n) is 8.25. The van der Waals surface area contributed by atoms with E-state index >= 15 is 0 Å². The summed E-state index contributed by atoms with van der Waals surface area (Å²) in [6, 6.07) is 3.92. The van der Waals surface area contributed by atoms with Gasteiger partial charge in [0.2, 0.25) is 6.04 Å². The molecule has 0 spiro atoms. The van der Waals surface area contributed by atoms with Gasteiger partial charge in [0, 0.05) is 37.5 Å². The Hall–Kier alpha value is -2.65. The first-order valence-corrected chi connectivity index (χ1v) is 9.13. The molecule has 136 valence electrons. The summed E-state index contributed by atoms with van der Waals surface area (Å²) in [7, 11) is 0. The summed E-state index contributed by atoms with van der Waals surface area (Å²) in [6.07, 6.45) is 1.61. The number of furan rings is 1. The van der Waals surface area contributed by atoms with Gasteiger partial charge in [-0.15, -0.1) is 11.3 Å². The number of thiophene rings is 1. The van der Waals surface area contributed by atoms with Crippen molar-refractivity contribution in [3.05, 3.63) is 40.5 Å². The summed E-state index contributed by atoms with van der Waals surface area (Å²) in [5, 5.41) is 14.9. The van der Waals surface area contributed by atoms with Gasteiger partial charge in [-0.25, -0.2) is 9.80 Å². The highest BCUT2D eigenvalue weighted by molar-refractivity contribution is 7.10. The van der Waals surface area contributed by atoms with Crippen LogP contribution in [-0.4, -0.2) is 64.9 Å². The minimum Gasteiger partial charge on any atom is -0.479 e. The van der Waals surface area contributed by atoms with Gasteiger partial charge in [0.15, 0.2) is 11.5 Å². The van der Waals surface area contributed by atoms with Gasteiger partial charge in [-0.2, -0.15) is 0 Å². The second-order valence-corrected chi connectivity index (χ2v) is 7.18. The maximum atomic E-state index is 12.4. The SMILES string of the molecule is O=C(O)C1C(=O)Cc2sccc2N1N1CCN(C(=O)c2ccco2)CC1. The highest BCUT2D eigenvalue weighted by Gasteiger charge is 2.42. The van der Waals surface area contributed by atoms with E-state index in [0.717, 1.165) is 10.6 Å². The molecule has 1 N–H and O–H groups in total. The van der Waals surface area contributed by atoms with Gasteiger partial charge < -0.3 is 14.4 Å². The van der Waals surface area contributed by atoms with E-state index < -0.39 is 12.0 Å². The van der Waals surface area contributed by atoms with Crippen molar-refractivity contribution in [2.75, 3.05) is 31.2 Å². The van der Waals surface area contributed by atoms with Crippen molar-refractivity contribution in [3.63, 3.8) is 0 Å². The number of carbonyl (C=O) groups excluding carboxylic acids is 2. The predicted molar refractivity (Wildman–Crippen MR) is 93.1 cm³/mol. The van der Waals surface area contributed by atoms with E-state index in [4.69, 9.17) is 4.42 Å². The Morgan fingerprint density at radius 1 is 1.19 bits per heavy atom. The molecule has 8 nitrogen and oxygen atoms in total. The maximum Gasteiger partial charge on any atom is 0.335 e. The van der Waals surface area contributed by atoms with Crippen LogP contribution in [0.5, 0.6) is 0 Å². The van der Waals surface area contributed by atoms with E-state index in [1.807, 2.05) is 16.5 Å². The van der Waals surface area contributed by atoms with Crippen LogP contribution in [0.2, 0.25) is 0 Å². The van der Waals surface area contributed by atoms with Crippen LogP contribution < -0.4 is 5.01 Å². The van der Waals surface area contributed by atoms with Gasteiger partial charge in [0.25, 0.3) is 5.91 Å². The lowest BCUT2D eigenvalue weighted by molar-refractivity contribution is -0.143. The normalized spacial score (nSPS) is 20.9. The fourth-order valence-electron chi connectivity index (χ4n) is 3.43. The molecule has 2 aliphatic rings. The second kappa shape index (κ2) is 6.58. The highest BCUT2D eigenvalue weighted by Crippen LogP contribution is 2.35. The zero-order valence-corrected chi connectivity index (χ0v) is 14.6. The Bertz CT molecular complexity index is 838. The van der Waals surface area contributed by atoms with Gasteiger partial charge >= 0.3 is 5.97 Å². The number of hydrazine groups is 1. The zero-order valence-electron chi connectivity index (χ0n) is 13.8. The van der Waals surface area contributed by atoms with Crippen molar-refractivity contribution in [1.82, 2.24) is 9.91 Å². The van der Waals surface area contributed by atoms with Gasteiger partial charge in [-0.05, 0) is 23.6 Å². The van der Waals surface area contributed by atoms with Crippen molar-refractivity contribution in [1.29, 1.82) is 0 Å². The number of Topliss-reactive ketones (excluding diaryl/α,β-unsaturated/α-hetero) is 1. The Balaban J connectivity index is 1.53. The molecule has 9 heteroatoms. The number of piperazine rings is 1. The topological polar surface area (TPSA) is 94.3 Å². The third kappa shape index (κ3) is 2.78. The molecule has 0 aliphatic carbocycles. The summed E-state index contributed by atoms with van der Waals surface area (Å²) in [6.45, 7) is 1.74. The van der Waals surface area contributed by atoms with E-state index in [0.29, 0.717) is 26.2 Å². The molecule has 2 aliphatic heterocycles. The van der Waals surface area contributed by atoms with Crippen LogP contribution in [0, 0.1) is 0 Å². The number of hydrogen-bond donors (Lipinski definition) is 1. The fraction of sp³-hybridized carbons (Fsp3) is 0.353. The number of fused-ring (bicyclic) bond motifs is 1. The van der Waals surface area contributed by atoms with E-state index in [1.54, 1.807) is 22.0 Å². The van der Waals surface area contributed by atoms with Crippen LogP contribution in [0.15, 0.2) is 34.3 Å². The van der Waals surface area contributed by atoms with Crippen molar-refractivity contribution in [3.8, 4) is 0 Å². The lowest BCUT2D eigenvalue weighted by Gasteiger charge is -2.45. The molecular weight excluding hydrogens is 358 g/mol. The third-order valence-corrected chi connectivity index (χ3v) is 5.58. The molecule has 0 saturated carbocycles. The van der Waals surface area contributed by atoms with Crippen LogP contribution in [0.4, 0.5) is 5.69 Å². The fourth-order valence-corrected chi connectivity index (χ4v) is 4.30. The average molecular weight is 375 g/mol. The number of rotatable bonds is 3. The second-order valence-electron chi connectivity index (χ2n) is 6.18. The van der Waals surface area contributed by atoms with Crippen molar-refractivity contribution in [2.24, 2.45) is 0 Å². The van der Waals surface area contributed by atoms with Crippen LogP contribution in [-0.2, 0) is 16.0 Å². The van der Waals surface area contributed by atoms with Gasteiger partial charge in [-0.1, -0.05) is 0 Å². The maximum absolute atomic E-state index is 12.4. The molecule has 0 radical (unpaired) electrons. The summed E-state index contributed by atoms with van der Waals surface area (Å²) < 4.78 is 5.15. The number of aliphatic carboxylic acids is 1. The minimum atomic E-state index is -1.22. The van der Waals surface area contributed by atoms with E-state index in [-0.39, 0.29) is 23.9 Å². The minimum absolute atomic E-state index is 0.150. The number of carboxylic acid groups (broad SMARTS) is 1. The molecule has 1 atom stereocenters. The molecule has 2 aromatic heterocycles. The van der Waals surface area contributed by atoms with Gasteiger partial charge in [-0.3, -0.25) is 14.6 Å². The predicted octanol–water partition coefficient (Wildman–Crippen LogP) is 1.10. The number of hydrogen-bond acceptors (Lipinski definition) is 7. The third-order valence-electron chi connectivity index (χ3n) is 4.67. The monoisotopic (exact) mass is 375 g/mol.